The summed E-state index contributed by atoms with van der Waals surface area (Å²) in [7, 11) is 0. The second-order valence-electron chi connectivity index (χ2n) is 4.74. The lowest BCUT2D eigenvalue weighted by atomic mass is 10.2. The lowest BCUT2D eigenvalue weighted by Crippen LogP contribution is -2.48. The van der Waals surface area contributed by atoms with Crippen molar-refractivity contribution < 1.29 is 9.18 Å². The number of amides is 1. The summed E-state index contributed by atoms with van der Waals surface area (Å²) in [4.78, 5) is 16.1. The largest absolute Gasteiger partial charge is 0.368 e. The van der Waals surface area contributed by atoms with Crippen molar-refractivity contribution in [2.45, 2.75) is 0 Å². The predicted molar refractivity (Wildman–Crippen MR) is 73.1 cm³/mol. The summed E-state index contributed by atoms with van der Waals surface area (Å²) in [6.07, 6.45) is 3.14. The molecular weight excluding hydrogens is 259 g/mol. The van der Waals surface area contributed by atoms with Gasteiger partial charge < -0.3 is 9.80 Å². The van der Waals surface area contributed by atoms with Crippen molar-refractivity contribution in [1.82, 2.24) is 15.1 Å². The van der Waals surface area contributed by atoms with Crippen LogP contribution in [-0.4, -0.2) is 47.2 Å². The molecule has 1 aliphatic rings. The lowest BCUT2D eigenvalue weighted by Gasteiger charge is -2.36. The fraction of sp³-hybridized carbons (Fsp3) is 0.286. The van der Waals surface area contributed by atoms with Crippen LogP contribution in [0.5, 0.6) is 0 Å². The molecule has 1 N–H and O–H groups in total. The number of aromatic nitrogens is 2. The summed E-state index contributed by atoms with van der Waals surface area (Å²) in [6.45, 7) is 2.80. The average molecular weight is 274 g/mol. The third kappa shape index (κ3) is 2.49. The SMILES string of the molecule is O=C(c1cn[nH]c1)N1CCN(c2ccc(F)cc2)CC1. The van der Waals surface area contributed by atoms with Gasteiger partial charge >= 0.3 is 0 Å². The van der Waals surface area contributed by atoms with Crippen LogP contribution in [0.2, 0.25) is 0 Å². The molecule has 0 unspecified atom stereocenters. The van der Waals surface area contributed by atoms with E-state index < -0.39 is 0 Å². The highest BCUT2D eigenvalue weighted by Crippen LogP contribution is 2.17. The number of carbonyl (C=O) groups excluding carboxylic acids is 1. The first kappa shape index (κ1) is 12.7. The molecule has 0 bridgehead atoms. The molecule has 20 heavy (non-hydrogen) atoms. The summed E-state index contributed by atoms with van der Waals surface area (Å²) >= 11 is 0. The van der Waals surface area contributed by atoms with Gasteiger partial charge in [-0.3, -0.25) is 9.89 Å². The molecule has 0 atom stereocenters. The number of H-pyrrole nitrogens is 1. The maximum Gasteiger partial charge on any atom is 0.257 e. The molecule has 1 aromatic carbocycles. The monoisotopic (exact) mass is 274 g/mol. The zero-order valence-corrected chi connectivity index (χ0v) is 10.9. The Morgan fingerprint density at radius 1 is 1.15 bits per heavy atom. The number of nitrogens with zero attached hydrogens (tertiary/aromatic N) is 3. The van der Waals surface area contributed by atoms with Gasteiger partial charge in [0.1, 0.15) is 5.82 Å². The van der Waals surface area contributed by atoms with E-state index in [0.717, 1.165) is 18.8 Å². The molecule has 1 fully saturated rings. The fourth-order valence-electron chi connectivity index (χ4n) is 2.37. The van der Waals surface area contributed by atoms with E-state index in [4.69, 9.17) is 0 Å². The average Bonchev–Trinajstić information content (AvgIpc) is 3.02. The molecule has 0 radical (unpaired) electrons. The highest BCUT2D eigenvalue weighted by Gasteiger charge is 2.22. The molecule has 5 nitrogen and oxygen atoms in total. The van der Waals surface area contributed by atoms with Crippen LogP contribution in [0.15, 0.2) is 36.7 Å². The van der Waals surface area contributed by atoms with Crippen LogP contribution >= 0.6 is 0 Å². The van der Waals surface area contributed by atoms with Gasteiger partial charge in [-0.05, 0) is 24.3 Å². The number of benzene rings is 1. The Balaban J connectivity index is 1.62. The van der Waals surface area contributed by atoms with Crippen LogP contribution in [0, 0.1) is 5.82 Å². The number of halogens is 1. The highest BCUT2D eigenvalue weighted by molar-refractivity contribution is 5.93. The smallest absolute Gasteiger partial charge is 0.257 e. The number of carbonyl (C=O) groups is 1. The molecule has 2 heterocycles. The molecule has 1 aromatic heterocycles. The number of aromatic amines is 1. The van der Waals surface area contributed by atoms with Gasteiger partial charge in [0.05, 0.1) is 11.8 Å². The first-order valence-corrected chi connectivity index (χ1v) is 6.52. The van der Waals surface area contributed by atoms with Gasteiger partial charge in [0.15, 0.2) is 0 Å². The Bertz CT molecular complexity index is 574. The topological polar surface area (TPSA) is 52.2 Å². The van der Waals surface area contributed by atoms with E-state index in [9.17, 15) is 9.18 Å². The first-order valence-electron chi connectivity index (χ1n) is 6.52. The number of hydrogen-bond donors (Lipinski definition) is 1. The van der Waals surface area contributed by atoms with Gasteiger partial charge in [-0.15, -0.1) is 0 Å². The molecule has 104 valence electrons. The second-order valence-corrected chi connectivity index (χ2v) is 4.74. The minimum Gasteiger partial charge on any atom is -0.368 e. The molecule has 0 spiro atoms. The van der Waals surface area contributed by atoms with E-state index in [-0.39, 0.29) is 11.7 Å². The predicted octanol–water partition coefficient (Wildman–Crippen LogP) is 1.51. The maximum absolute atomic E-state index is 12.9. The van der Waals surface area contributed by atoms with E-state index in [0.29, 0.717) is 18.7 Å². The zero-order chi connectivity index (χ0) is 13.9. The Morgan fingerprint density at radius 3 is 2.45 bits per heavy atom. The van der Waals surface area contributed by atoms with Gasteiger partial charge in [-0.25, -0.2) is 4.39 Å². The lowest BCUT2D eigenvalue weighted by molar-refractivity contribution is 0.0747. The molecule has 0 saturated carbocycles. The minimum absolute atomic E-state index is 0.00231. The number of anilines is 1. The summed E-state index contributed by atoms with van der Waals surface area (Å²) in [6, 6.07) is 6.45. The van der Waals surface area contributed by atoms with Crippen LogP contribution in [0.1, 0.15) is 10.4 Å². The van der Waals surface area contributed by atoms with Crippen molar-refractivity contribution in [2.24, 2.45) is 0 Å². The minimum atomic E-state index is -0.234. The molecular formula is C14H15FN4O. The normalized spacial score (nSPS) is 15.4. The molecule has 1 aliphatic heterocycles. The zero-order valence-electron chi connectivity index (χ0n) is 10.9. The van der Waals surface area contributed by atoms with Crippen molar-refractivity contribution in [1.29, 1.82) is 0 Å². The second kappa shape index (κ2) is 5.32. The van der Waals surface area contributed by atoms with Gasteiger partial charge in [0.25, 0.3) is 5.91 Å². The van der Waals surface area contributed by atoms with Gasteiger partial charge in [0.2, 0.25) is 0 Å². The standard InChI is InChI=1S/C14H15FN4O/c15-12-1-3-13(4-2-12)18-5-7-19(8-6-18)14(20)11-9-16-17-10-11/h1-4,9-10H,5-8H2,(H,16,17). The number of piperazine rings is 1. The van der Waals surface area contributed by atoms with Crippen LogP contribution < -0.4 is 4.90 Å². The van der Waals surface area contributed by atoms with E-state index in [1.807, 2.05) is 4.90 Å². The van der Waals surface area contributed by atoms with Crippen LogP contribution in [0.3, 0.4) is 0 Å². The quantitative estimate of drug-likeness (QED) is 0.903. The maximum atomic E-state index is 12.9. The Labute approximate surface area is 116 Å². The number of rotatable bonds is 2. The van der Waals surface area contributed by atoms with Crippen molar-refractivity contribution in [3.8, 4) is 0 Å². The molecule has 1 amide bonds. The highest BCUT2D eigenvalue weighted by atomic mass is 19.1. The van der Waals surface area contributed by atoms with Crippen LogP contribution in [-0.2, 0) is 0 Å². The Hall–Kier alpha value is -2.37. The molecule has 1 saturated heterocycles. The van der Waals surface area contributed by atoms with Crippen molar-refractivity contribution in [3.63, 3.8) is 0 Å². The first-order chi connectivity index (χ1) is 9.74. The third-order valence-electron chi connectivity index (χ3n) is 3.50. The van der Waals surface area contributed by atoms with Crippen molar-refractivity contribution in [2.75, 3.05) is 31.1 Å². The summed E-state index contributed by atoms with van der Waals surface area (Å²) < 4.78 is 12.9. The number of hydrogen-bond acceptors (Lipinski definition) is 3. The molecule has 6 heteroatoms. The van der Waals surface area contributed by atoms with Gasteiger partial charge in [0, 0.05) is 38.1 Å². The van der Waals surface area contributed by atoms with E-state index >= 15 is 0 Å². The van der Waals surface area contributed by atoms with E-state index in [2.05, 4.69) is 15.1 Å². The third-order valence-corrected chi connectivity index (χ3v) is 3.50. The Morgan fingerprint density at radius 2 is 1.85 bits per heavy atom. The van der Waals surface area contributed by atoms with Crippen LogP contribution in [0.4, 0.5) is 10.1 Å². The Kier molecular flexibility index (Phi) is 3.37. The molecule has 3 rings (SSSR count). The van der Waals surface area contributed by atoms with Crippen molar-refractivity contribution >= 4 is 11.6 Å². The van der Waals surface area contributed by atoms with Gasteiger partial charge in [-0.1, -0.05) is 0 Å². The van der Waals surface area contributed by atoms with Crippen LogP contribution in [0.25, 0.3) is 0 Å². The van der Waals surface area contributed by atoms with Crippen molar-refractivity contribution in [3.05, 3.63) is 48.0 Å². The summed E-state index contributed by atoms with van der Waals surface area (Å²) in [5, 5.41) is 6.44. The summed E-state index contributed by atoms with van der Waals surface area (Å²) in [5.41, 5.74) is 1.57. The molecule has 2 aromatic rings. The van der Waals surface area contributed by atoms with E-state index in [1.54, 1.807) is 18.3 Å². The fourth-order valence-corrected chi connectivity index (χ4v) is 2.37. The molecule has 0 aliphatic carbocycles. The summed E-state index contributed by atoms with van der Waals surface area (Å²) in [5.74, 6) is -0.236. The van der Waals surface area contributed by atoms with E-state index in [1.165, 1.54) is 18.3 Å². The number of nitrogens with one attached hydrogen (secondary N) is 1. The van der Waals surface area contributed by atoms with Gasteiger partial charge in [-0.2, -0.15) is 5.10 Å².